The summed E-state index contributed by atoms with van der Waals surface area (Å²) in [5.41, 5.74) is 1.49. The van der Waals surface area contributed by atoms with Gasteiger partial charge in [-0.05, 0) is 30.2 Å². The van der Waals surface area contributed by atoms with Gasteiger partial charge >= 0.3 is 11.9 Å². The Bertz CT molecular complexity index is 361. The Labute approximate surface area is 87.5 Å². The highest BCUT2D eigenvalue weighted by Gasteiger charge is 2.05. The lowest BCUT2D eigenvalue weighted by Gasteiger charge is -2.05. The van der Waals surface area contributed by atoms with Crippen LogP contribution in [0.25, 0.3) is 0 Å². The summed E-state index contributed by atoms with van der Waals surface area (Å²) in [6, 6.07) is 5.00. The Morgan fingerprint density at radius 3 is 2.53 bits per heavy atom. The van der Waals surface area contributed by atoms with Crippen molar-refractivity contribution in [2.24, 2.45) is 0 Å². The van der Waals surface area contributed by atoms with Crippen LogP contribution in [0.5, 0.6) is 5.75 Å². The van der Waals surface area contributed by atoms with E-state index in [0.29, 0.717) is 11.3 Å². The minimum Gasteiger partial charge on any atom is -0.481 e. The predicted molar refractivity (Wildman–Crippen MR) is 53.8 cm³/mol. The molecule has 4 nitrogen and oxygen atoms in total. The van der Waals surface area contributed by atoms with Crippen molar-refractivity contribution in [3.05, 3.63) is 29.3 Å². The van der Waals surface area contributed by atoms with E-state index in [9.17, 15) is 9.59 Å². The zero-order valence-electron chi connectivity index (χ0n) is 8.61. The van der Waals surface area contributed by atoms with Crippen LogP contribution < -0.4 is 4.74 Å². The summed E-state index contributed by atoms with van der Waals surface area (Å²) < 4.78 is 4.89. The van der Waals surface area contributed by atoms with E-state index in [1.165, 1.54) is 6.92 Å². The third-order valence-corrected chi connectivity index (χ3v) is 1.73. The topological polar surface area (TPSA) is 63.6 Å². The molecular formula is C11H12O4. The molecule has 15 heavy (non-hydrogen) atoms. The summed E-state index contributed by atoms with van der Waals surface area (Å²) in [6.45, 7) is 3.12. The quantitative estimate of drug-likeness (QED) is 0.604. The van der Waals surface area contributed by atoms with Crippen molar-refractivity contribution >= 4 is 11.9 Å². The maximum absolute atomic E-state index is 10.7. The number of hydrogen-bond acceptors (Lipinski definition) is 3. The number of benzene rings is 1. The van der Waals surface area contributed by atoms with E-state index in [1.807, 2.05) is 6.92 Å². The Hall–Kier alpha value is -1.84. The zero-order valence-corrected chi connectivity index (χ0v) is 8.61. The lowest BCUT2D eigenvalue weighted by molar-refractivity contribution is -0.136. The van der Waals surface area contributed by atoms with Crippen molar-refractivity contribution in [1.29, 1.82) is 0 Å². The van der Waals surface area contributed by atoms with E-state index in [1.54, 1.807) is 18.2 Å². The van der Waals surface area contributed by atoms with Crippen LogP contribution in [0.2, 0.25) is 0 Å². The van der Waals surface area contributed by atoms with E-state index < -0.39 is 11.9 Å². The summed E-state index contributed by atoms with van der Waals surface area (Å²) in [6.07, 6.45) is -0.0735. The lowest BCUT2D eigenvalue weighted by atomic mass is 10.1. The molecule has 80 valence electrons. The SMILES string of the molecule is CC(=O)Oc1cc(C)cc(CC(=O)O)c1. The molecule has 1 aromatic carbocycles. The largest absolute Gasteiger partial charge is 0.481 e. The fourth-order valence-corrected chi connectivity index (χ4v) is 1.33. The molecule has 1 rings (SSSR count). The second-order valence-corrected chi connectivity index (χ2v) is 3.32. The Kier molecular flexibility index (Phi) is 3.44. The number of carbonyl (C=O) groups excluding carboxylic acids is 1. The molecule has 0 aromatic heterocycles. The first-order valence-corrected chi connectivity index (χ1v) is 4.48. The number of hydrogen-bond donors (Lipinski definition) is 1. The first-order valence-electron chi connectivity index (χ1n) is 4.48. The third-order valence-electron chi connectivity index (χ3n) is 1.73. The number of aliphatic carboxylic acids is 1. The molecule has 0 radical (unpaired) electrons. The van der Waals surface area contributed by atoms with Crippen molar-refractivity contribution < 1.29 is 19.4 Å². The van der Waals surface area contributed by atoms with Crippen molar-refractivity contribution in [2.45, 2.75) is 20.3 Å². The van der Waals surface area contributed by atoms with E-state index in [4.69, 9.17) is 9.84 Å². The highest BCUT2D eigenvalue weighted by molar-refractivity contribution is 5.71. The smallest absolute Gasteiger partial charge is 0.308 e. The van der Waals surface area contributed by atoms with Gasteiger partial charge in [-0.25, -0.2) is 0 Å². The van der Waals surface area contributed by atoms with Crippen LogP contribution in [0.3, 0.4) is 0 Å². The van der Waals surface area contributed by atoms with Crippen molar-refractivity contribution in [3.8, 4) is 5.75 Å². The average molecular weight is 208 g/mol. The zero-order chi connectivity index (χ0) is 11.4. The normalized spacial score (nSPS) is 9.73. The second kappa shape index (κ2) is 4.59. The monoisotopic (exact) mass is 208 g/mol. The molecule has 1 aromatic rings. The summed E-state index contributed by atoms with van der Waals surface area (Å²) in [7, 11) is 0. The number of rotatable bonds is 3. The molecule has 0 amide bonds. The van der Waals surface area contributed by atoms with Gasteiger partial charge < -0.3 is 9.84 Å². The van der Waals surface area contributed by atoms with Gasteiger partial charge in [0.25, 0.3) is 0 Å². The fourth-order valence-electron chi connectivity index (χ4n) is 1.33. The molecule has 0 aliphatic heterocycles. The van der Waals surface area contributed by atoms with Crippen molar-refractivity contribution in [1.82, 2.24) is 0 Å². The van der Waals surface area contributed by atoms with Gasteiger partial charge in [-0.3, -0.25) is 9.59 Å². The summed E-state index contributed by atoms with van der Waals surface area (Å²) in [4.78, 5) is 21.2. The van der Waals surface area contributed by atoms with Gasteiger partial charge in [0.1, 0.15) is 5.75 Å². The molecule has 0 bridgehead atoms. The minimum atomic E-state index is -0.908. The van der Waals surface area contributed by atoms with Crippen LogP contribution in [-0.4, -0.2) is 17.0 Å². The third kappa shape index (κ3) is 3.81. The molecule has 0 spiro atoms. The van der Waals surface area contributed by atoms with Crippen LogP contribution in [0.15, 0.2) is 18.2 Å². The number of aryl methyl sites for hydroxylation is 1. The van der Waals surface area contributed by atoms with Gasteiger partial charge in [0.05, 0.1) is 6.42 Å². The summed E-state index contributed by atoms with van der Waals surface area (Å²) in [5.74, 6) is -0.935. The number of ether oxygens (including phenoxy) is 1. The Balaban J connectivity index is 2.94. The summed E-state index contributed by atoms with van der Waals surface area (Å²) >= 11 is 0. The van der Waals surface area contributed by atoms with Crippen LogP contribution in [0, 0.1) is 6.92 Å². The van der Waals surface area contributed by atoms with Gasteiger partial charge in [0.2, 0.25) is 0 Å². The summed E-state index contributed by atoms with van der Waals surface area (Å²) in [5, 5.41) is 8.62. The van der Waals surface area contributed by atoms with Gasteiger partial charge in [0, 0.05) is 6.92 Å². The number of carboxylic acids is 1. The van der Waals surface area contributed by atoms with Gasteiger partial charge in [-0.2, -0.15) is 0 Å². The van der Waals surface area contributed by atoms with Gasteiger partial charge in [-0.15, -0.1) is 0 Å². The van der Waals surface area contributed by atoms with E-state index in [0.717, 1.165) is 5.56 Å². The molecule has 1 N–H and O–H groups in total. The van der Waals surface area contributed by atoms with Crippen LogP contribution >= 0.6 is 0 Å². The van der Waals surface area contributed by atoms with Crippen LogP contribution in [0.1, 0.15) is 18.1 Å². The van der Waals surface area contributed by atoms with Crippen LogP contribution in [-0.2, 0) is 16.0 Å². The van der Waals surface area contributed by atoms with E-state index in [2.05, 4.69) is 0 Å². The average Bonchev–Trinajstić information content (AvgIpc) is 1.98. The first kappa shape index (κ1) is 11.2. The molecule has 0 unspecified atom stereocenters. The fraction of sp³-hybridized carbons (Fsp3) is 0.273. The molecule has 0 aliphatic carbocycles. The maximum atomic E-state index is 10.7. The Morgan fingerprint density at radius 2 is 2.00 bits per heavy atom. The highest BCUT2D eigenvalue weighted by atomic mass is 16.5. The molecule has 4 heteroatoms. The predicted octanol–water partition coefficient (Wildman–Crippen LogP) is 1.55. The minimum absolute atomic E-state index is 0.0735. The van der Waals surface area contributed by atoms with Crippen molar-refractivity contribution in [3.63, 3.8) is 0 Å². The maximum Gasteiger partial charge on any atom is 0.308 e. The number of carbonyl (C=O) groups is 2. The van der Waals surface area contributed by atoms with Crippen molar-refractivity contribution in [2.75, 3.05) is 0 Å². The molecule has 0 aliphatic rings. The molecule has 0 saturated heterocycles. The van der Waals surface area contributed by atoms with Crippen LogP contribution in [0.4, 0.5) is 0 Å². The number of carboxylic acid groups (broad SMARTS) is 1. The van der Waals surface area contributed by atoms with E-state index >= 15 is 0 Å². The van der Waals surface area contributed by atoms with Gasteiger partial charge in [-0.1, -0.05) is 6.07 Å². The molecular weight excluding hydrogens is 196 g/mol. The highest BCUT2D eigenvalue weighted by Crippen LogP contribution is 2.17. The lowest BCUT2D eigenvalue weighted by Crippen LogP contribution is -2.04. The molecule has 0 saturated carbocycles. The molecule has 0 heterocycles. The standard InChI is InChI=1S/C11H12O4/c1-7-3-9(6-11(13)14)5-10(4-7)15-8(2)12/h3-5H,6H2,1-2H3,(H,13,14). The molecule has 0 atom stereocenters. The van der Waals surface area contributed by atoms with E-state index in [-0.39, 0.29) is 6.42 Å². The van der Waals surface area contributed by atoms with Gasteiger partial charge in [0.15, 0.2) is 0 Å². The second-order valence-electron chi connectivity index (χ2n) is 3.32. The Morgan fingerprint density at radius 1 is 1.33 bits per heavy atom. The molecule has 0 fully saturated rings. The first-order chi connectivity index (χ1) is 6.97. The number of esters is 1.